The number of nitriles is 1. The molecule has 0 bridgehead atoms. The lowest BCUT2D eigenvalue weighted by Gasteiger charge is -2.12. The smallest absolute Gasteiger partial charge is 0.240 e. The van der Waals surface area contributed by atoms with E-state index in [0.717, 1.165) is 5.56 Å². The van der Waals surface area contributed by atoms with Crippen LogP contribution in [0.1, 0.15) is 11.1 Å². The molecule has 0 atom stereocenters. The van der Waals surface area contributed by atoms with Crippen molar-refractivity contribution in [3.8, 4) is 17.6 Å². The monoisotopic (exact) mass is 280 g/mol. The number of nitrogens with zero attached hydrogens (tertiary/aromatic N) is 2. The van der Waals surface area contributed by atoms with Crippen LogP contribution in [0.3, 0.4) is 0 Å². The summed E-state index contributed by atoms with van der Waals surface area (Å²) in [6.07, 6.45) is 1.42. The first-order valence-electron chi connectivity index (χ1n) is 6.15. The fourth-order valence-electron chi connectivity index (χ4n) is 1.79. The van der Waals surface area contributed by atoms with Crippen molar-refractivity contribution in [2.24, 2.45) is 4.99 Å². The van der Waals surface area contributed by atoms with Gasteiger partial charge in [0.1, 0.15) is 12.7 Å². The third kappa shape index (κ3) is 3.47. The van der Waals surface area contributed by atoms with Gasteiger partial charge in [0.15, 0.2) is 11.5 Å². The maximum atomic E-state index is 10.4. The second-order valence-electron chi connectivity index (χ2n) is 4.11. The number of hydrogen-bond donors (Lipinski definition) is 0. The molecule has 0 heterocycles. The second-order valence-corrected chi connectivity index (χ2v) is 4.11. The van der Waals surface area contributed by atoms with Crippen LogP contribution in [0.2, 0.25) is 0 Å². The zero-order chi connectivity index (χ0) is 15.1. The Labute approximate surface area is 122 Å². The summed E-state index contributed by atoms with van der Waals surface area (Å²) in [4.78, 5) is 13.9. The summed E-state index contributed by atoms with van der Waals surface area (Å²) in [5.41, 5.74) is 1.42. The highest BCUT2D eigenvalue weighted by atomic mass is 16.5. The molecule has 0 aromatic heterocycles. The van der Waals surface area contributed by atoms with Crippen molar-refractivity contribution in [1.29, 1.82) is 5.26 Å². The molecule has 0 saturated heterocycles. The van der Waals surface area contributed by atoms with Crippen LogP contribution < -0.4 is 9.47 Å². The van der Waals surface area contributed by atoms with Gasteiger partial charge in [0.05, 0.1) is 18.4 Å². The van der Waals surface area contributed by atoms with Gasteiger partial charge in [-0.25, -0.2) is 4.79 Å². The maximum Gasteiger partial charge on any atom is 0.240 e. The molecule has 0 unspecified atom stereocenters. The number of isocyanates is 1. The van der Waals surface area contributed by atoms with Crippen molar-refractivity contribution in [2.75, 3.05) is 7.11 Å². The van der Waals surface area contributed by atoms with Crippen LogP contribution >= 0.6 is 0 Å². The summed E-state index contributed by atoms with van der Waals surface area (Å²) < 4.78 is 10.9. The Kier molecular flexibility index (Phi) is 4.70. The molecule has 2 rings (SSSR count). The molecule has 0 amide bonds. The molecule has 21 heavy (non-hydrogen) atoms. The number of carbonyl (C=O) groups excluding carboxylic acids is 1. The standard InChI is InChI=1S/C16H12N2O3/c1-20-15-7-13(9-17)14(18-11-19)8-16(15)21-10-12-5-3-2-4-6-12/h2-8H,10H2,1H3. The Morgan fingerprint density at radius 3 is 2.57 bits per heavy atom. The molecule has 0 aliphatic heterocycles. The van der Waals surface area contributed by atoms with Gasteiger partial charge < -0.3 is 9.47 Å². The second kappa shape index (κ2) is 6.90. The zero-order valence-electron chi connectivity index (χ0n) is 11.4. The first-order chi connectivity index (χ1) is 10.3. The van der Waals surface area contributed by atoms with Gasteiger partial charge in [-0.1, -0.05) is 30.3 Å². The average molecular weight is 280 g/mol. The van der Waals surface area contributed by atoms with Crippen LogP contribution in [-0.4, -0.2) is 13.2 Å². The molecular weight excluding hydrogens is 268 g/mol. The maximum absolute atomic E-state index is 10.4. The normalized spacial score (nSPS) is 9.33. The van der Waals surface area contributed by atoms with Gasteiger partial charge in [0, 0.05) is 12.1 Å². The number of ether oxygens (including phenoxy) is 2. The fraction of sp³-hybridized carbons (Fsp3) is 0.125. The molecule has 0 radical (unpaired) electrons. The van der Waals surface area contributed by atoms with Crippen molar-refractivity contribution in [2.45, 2.75) is 6.61 Å². The van der Waals surface area contributed by atoms with Gasteiger partial charge in [-0.05, 0) is 5.56 Å². The van der Waals surface area contributed by atoms with E-state index in [0.29, 0.717) is 18.1 Å². The number of aliphatic imine (C=N–C) groups is 1. The van der Waals surface area contributed by atoms with Gasteiger partial charge in [0.25, 0.3) is 0 Å². The summed E-state index contributed by atoms with van der Waals surface area (Å²) >= 11 is 0. The highest BCUT2D eigenvalue weighted by Gasteiger charge is 2.11. The van der Waals surface area contributed by atoms with Crippen molar-refractivity contribution < 1.29 is 14.3 Å². The predicted octanol–water partition coefficient (Wildman–Crippen LogP) is 3.11. The van der Waals surface area contributed by atoms with Gasteiger partial charge in [-0.3, -0.25) is 0 Å². The van der Waals surface area contributed by atoms with Crippen molar-refractivity contribution in [3.63, 3.8) is 0 Å². The minimum atomic E-state index is 0.205. The molecule has 0 aliphatic rings. The van der Waals surface area contributed by atoms with E-state index in [4.69, 9.17) is 14.7 Å². The van der Waals surface area contributed by atoms with E-state index in [9.17, 15) is 4.79 Å². The van der Waals surface area contributed by atoms with E-state index in [1.807, 2.05) is 36.4 Å². The Morgan fingerprint density at radius 2 is 1.95 bits per heavy atom. The zero-order valence-corrected chi connectivity index (χ0v) is 11.4. The molecule has 2 aromatic rings. The first-order valence-corrected chi connectivity index (χ1v) is 6.15. The quantitative estimate of drug-likeness (QED) is 0.623. The SMILES string of the molecule is COc1cc(C#N)c(N=C=O)cc1OCc1ccccc1. The van der Waals surface area contributed by atoms with Gasteiger partial charge in [-0.2, -0.15) is 10.3 Å². The summed E-state index contributed by atoms with van der Waals surface area (Å²) in [6, 6.07) is 14.5. The van der Waals surface area contributed by atoms with Crippen molar-refractivity contribution in [3.05, 3.63) is 53.6 Å². The fourth-order valence-corrected chi connectivity index (χ4v) is 1.79. The van der Waals surface area contributed by atoms with Crippen LogP contribution in [0.5, 0.6) is 11.5 Å². The summed E-state index contributed by atoms with van der Waals surface area (Å²) in [7, 11) is 1.48. The number of benzene rings is 2. The Morgan fingerprint density at radius 1 is 1.19 bits per heavy atom. The largest absolute Gasteiger partial charge is 0.493 e. The van der Waals surface area contributed by atoms with E-state index in [-0.39, 0.29) is 11.3 Å². The molecule has 0 fully saturated rings. The van der Waals surface area contributed by atoms with E-state index < -0.39 is 0 Å². The van der Waals surface area contributed by atoms with E-state index in [2.05, 4.69) is 4.99 Å². The molecule has 0 aliphatic carbocycles. The van der Waals surface area contributed by atoms with Crippen LogP contribution in [0.25, 0.3) is 0 Å². The summed E-state index contributed by atoms with van der Waals surface area (Å²) in [5.74, 6) is 0.821. The van der Waals surface area contributed by atoms with Crippen molar-refractivity contribution >= 4 is 11.8 Å². The lowest BCUT2D eigenvalue weighted by Crippen LogP contribution is -1.98. The van der Waals surface area contributed by atoms with E-state index in [1.54, 1.807) is 0 Å². The van der Waals surface area contributed by atoms with E-state index >= 15 is 0 Å². The Hall–Kier alpha value is -3.09. The lowest BCUT2D eigenvalue weighted by atomic mass is 10.1. The average Bonchev–Trinajstić information content (AvgIpc) is 2.54. The summed E-state index contributed by atoms with van der Waals surface area (Å²) in [5, 5.41) is 9.03. The minimum Gasteiger partial charge on any atom is -0.493 e. The van der Waals surface area contributed by atoms with Crippen LogP contribution in [-0.2, 0) is 11.4 Å². The molecule has 2 aromatic carbocycles. The third-order valence-electron chi connectivity index (χ3n) is 2.81. The number of rotatable bonds is 5. The topological polar surface area (TPSA) is 71.7 Å². The predicted molar refractivity (Wildman–Crippen MR) is 76.3 cm³/mol. The third-order valence-corrected chi connectivity index (χ3v) is 2.81. The molecule has 5 heteroatoms. The van der Waals surface area contributed by atoms with E-state index in [1.165, 1.54) is 25.3 Å². The van der Waals surface area contributed by atoms with Crippen molar-refractivity contribution in [1.82, 2.24) is 0 Å². The van der Waals surface area contributed by atoms with Gasteiger partial charge in [0.2, 0.25) is 6.08 Å². The number of hydrogen-bond acceptors (Lipinski definition) is 5. The highest BCUT2D eigenvalue weighted by Crippen LogP contribution is 2.35. The molecule has 104 valence electrons. The van der Waals surface area contributed by atoms with Gasteiger partial charge in [-0.15, -0.1) is 0 Å². The molecular formula is C16H12N2O3. The molecule has 0 saturated carbocycles. The van der Waals surface area contributed by atoms with Crippen LogP contribution in [0, 0.1) is 11.3 Å². The Balaban J connectivity index is 2.31. The van der Waals surface area contributed by atoms with Gasteiger partial charge >= 0.3 is 0 Å². The molecule has 5 nitrogen and oxygen atoms in total. The summed E-state index contributed by atoms with van der Waals surface area (Å²) in [6.45, 7) is 0.341. The Bertz CT molecular complexity index is 714. The first kappa shape index (κ1) is 14.3. The minimum absolute atomic E-state index is 0.205. The molecule has 0 N–H and O–H groups in total. The lowest BCUT2D eigenvalue weighted by molar-refractivity contribution is 0.284. The molecule has 0 spiro atoms. The highest BCUT2D eigenvalue weighted by molar-refractivity contribution is 5.64. The van der Waals surface area contributed by atoms with Crippen LogP contribution in [0.4, 0.5) is 5.69 Å². The number of methoxy groups -OCH3 is 1. The van der Waals surface area contributed by atoms with Crippen LogP contribution in [0.15, 0.2) is 47.5 Å².